The van der Waals surface area contributed by atoms with Gasteiger partial charge in [0.05, 0.1) is 12.1 Å². The first-order chi connectivity index (χ1) is 13.6. The van der Waals surface area contributed by atoms with Crippen LogP contribution >= 0.6 is 0 Å². The van der Waals surface area contributed by atoms with Crippen LogP contribution < -0.4 is 5.32 Å². The molecular formula is C23H26N2O4. The van der Waals surface area contributed by atoms with Gasteiger partial charge in [-0.05, 0) is 52.8 Å². The number of carbonyl (C=O) groups is 3. The van der Waals surface area contributed by atoms with Gasteiger partial charge >= 0.3 is 5.97 Å². The average molecular weight is 394 g/mol. The number of carbonyl (C=O) groups excluding carboxylic acids is 2. The lowest BCUT2D eigenvalue weighted by molar-refractivity contribution is -0.131. The van der Waals surface area contributed by atoms with E-state index in [-0.39, 0.29) is 29.3 Å². The van der Waals surface area contributed by atoms with E-state index in [1.165, 1.54) is 0 Å². The number of amides is 2. The van der Waals surface area contributed by atoms with Gasteiger partial charge in [0.25, 0.3) is 5.91 Å². The van der Waals surface area contributed by atoms with Crippen LogP contribution in [0.15, 0.2) is 42.5 Å². The van der Waals surface area contributed by atoms with E-state index in [2.05, 4.69) is 26.1 Å². The highest BCUT2D eigenvalue weighted by molar-refractivity contribution is 5.96. The maximum Gasteiger partial charge on any atom is 0.335 e. The van der Waals surface area contributed by atoms with E-state index >= 15 is 0 Å². The molecule has 0 saturated carbocycles. The molecule has 0 bridgehead atoms. The molecule has 1 aliphatic rings. The Kier molecular flexibility index (Phi) is 5.73. The van der Waals surface area contributed by atoms with Gasteiger partial charge in [0.2, 0.25) is 5.91 Å². The Balaban J connectivity index is 1.59. The van der Waals surface area contributed by atoms with Crippen molar-refractivity contribution in [2.45, 2.75) is 39.2 Å². The molecule has 1 heterocycles. The van der Waals surface area contributed by atoms with Crippen molar-refractivity contribution in [1.29, 1.82) is 0 Å². The van der Waals surface area contributed by atoms with E-state index < -0.39 is 5.97 Å². The number of carboxylic acids is 1. The molecule has 0 atom stereocenters. The molecule has 0 radical (unpaired) electrons. The molecular weight excluding hydrogens is 368 g/mol. The second kappa shape index (κ2) is 8.07. The number of carboxylic acid groups (broad SMARTS) is 1. The topological polar surface area (TPSA) is 86.7 Å². The zero-order valence-corrected chi connectivity index (χ0v) is 17.0. The van der Waals surface area contributed by atoms with Gasteiger partial charge in [0.15, 0.2) is 0 Å². The van der Waals surface area contributed by atoms with Crippen molar-refractivity contribution in [3.05, 3.63) is 70.3 Å². The molecule has 0 fully saturated rings. The lowest BCUT2D eigenvalue weighted by Gasteiger charge is -2.29. The van der Waals surface area contributed by atoms with Crippen molar-refractivity contribution in [3.63, 3.8) is 0 Å². The second-order valence-corrected chi connectivity index (χ2v) is 8.36. The quantitative estimate of drug-likeness (QED) is 0.835. The molecule has 152 valence electrons. The van der Waals surface area contributed by atoms with Crippen molar-refractivity contribution >= 4 is 17.8 Å². The van der Waals surface area contributed by atoms with Gasteiger partial charge in [-0.15, -0.1) is 0 Å². The van der Waals surface area contributed by atoms with Crippen molar-refractivity contribution in [2.75, 3.05) is 13.1 Å². The summed E-state index contributed by atoms with van der Waals surface area (Å²) < 4.78 is 0. The van der Waals surface area contributed by atoms with Crippen LogP contribution in [-0.4, -0.2) is 40.9 Å². The number of nitrogens with zero attached hydrogens (tertiary/aromatic N) is 1. The van der Waals surface area contributed by atoms with Crippen molar-refractivity contribution in [2.24, 2.45) is 0 Å². The molecule has 6 heteroatoms. The molecule has 0 unspecified atom stereocenters. The molecule has 2 aromatic carbocycles. The van der Waals surface area contributed by atoms with E-state index in [4.69, 9.17) is 5.11 Å². The largest absolute Gasteiger partial charge is 0.478 e. The standard InChI is InChI=1S/C23H26N2O4/c1-23(2,3)19-8-6-16(7-9-19)21(27)24-13-20(26)25-11-10-15-4-5-17(22(28)29)12-18(15)14-25/h4-9,12H,10-11,13-14H2,1-3H3,(H,24,27)(H,28,29). The first kappa shape index (κ1) is 20.6. The minimum absolute atomic E-state index is 0.00995. The maximum absolute atomic E-state index is 12.5. The van der Waals surface area contributed by atoms with Gasteiger partial charge in [0, 0.05) is 18.7 Å². The van der Waals surface area contributed by atoms with Crippen LogP contribution in [0.1, 0.15) is 58.2 Å². The van der Waals surface area contributed by atoms with Crippen molar-refractivity contribution < 1.29 is 19.5 Å². The summed E-state index contributed by atoms with van der Waals surface area (Å²) in [6.07, 6.45) is 0.670. The first-order valence-corrected chi connectivity index (χ1v) is 9.67. The second-order valence-electron chi connectivity index (χ2n) is 8.36. The molecule has 0 saturated heterocycles. The van der Waals surface area contributed by atoms with Crippen LogP contribution in [0.3, 0.4) is 0 Å². The molecule has 1 aliphatic heterocycles. The fourth-order valence-electron chi connectivity index (χ4n) is 3.39. The number of hydrogen-bond donors (Lipinski definition) is 2. The van der Waals surface area contributed by atoms with Gasteiger partial charge in [0.1, 0.15) is 0 Å². The minimum Gasteiger partial charge on any atom is -0.478 e. The number of hydrogen-bond acceptors (Lipinski definition) is 3. The highest BCUT2D eigenvalue weighted by atomic mass is 16.4. The summed E-state index contributed by atoms with van der Waals surface area (Å²) in [5.74, 6) is -1.46. The Morgan fingerprint density at radius 1 is 1.00 bits per heavy atom. The minimum atomic E-state index is -0.985. The molecule has 3 rings (SSSR count). The zero-order valence-electron chi connectivity index (χ0n) is 17.0. The van der Waals surface area contributed by atoms with Crippen molar-refractivity contribution in [3.8, 4) is 0 Å². The van der Waals surface area contributed by atoms with Crippen LogP contribution in [0.5, 0.6) is 0 Å². The van der Waals surface area contributed by atoms with E-state index in [0.717, 1.165) is 16.7 Å². The maximum atomic E-state index is 12.5. The van der Waals surface area contributed by atoms with Crippen LogP contribution in [0.25, 0.3) is 0 Å². The number of rotatable bonds is 4. The normalized spacial score (nSPS) is 13.6. The number of benzene rings is 2. The highest BCUT2D eigenvalue weighted by Crippen LogP contribution is 2.22. The number of fused-ring (bicyclic) bond motifs is 1. The van der Waals surface area contributed by atoms with Crippen molar-refractivity contribution in [1.82, 2.24) is 10.2 Å². The smallest absolute Gasteiger partial charge is 0.335 e. The van der Waals surface area contributed by atoms with Crippen LogP contribution in [0.2, 0.25) is 0 Å². The van der Waals surface area contributed by atoms with E-state index in [1.54, 1.807) is 29.2 Å². The molecule has 0 aromatic heterocycles. The monoisotopic (exact) mass is 394 g/mol. The predicted octanol–water partition coefficient (Wildman–Crippen LogP) is 3.00. The molecule has 2 aromatic rings. The predicted molar refractivity (Wildman–Crippen MR) is 110 cm³/mol. The Bertz CT molecular complexity index is 942. The zero-order chi connectivity index (χ0) is 21.2. The SMILES string of the molecule is CC(C)(C)c1ccc(C(=O)NCC(=O)N2CCc3ccc(C(=O)O)cc3C2)cc1. The lowest BCUT2D eigenvalue weighted by Crippen LogP contribution is -2.42. The fraction of sp³-hybridized carbons (Fsp3) is 0.348. The third-order valence-corrected chi connectivity index (χ3v) is 5.23. The van der Waals surface area contributed by atoms with Gasteiger partial charge in [-0.25, -0.2) is 4.79 Å². The number of aromatic carboxylic acids is 1. The van der Waals surface area contributed by atoms with Gasteiger partial charge in [-0.2, -0.15) is 0 Å². The lowest BCUT2D eigenvalue weighted by atomic mass is 9.87. The van der Waals surface area contributed by atoms with Crippen LogP contribution in [0, 0.1) is 0 Å². The molecule has 0 aliphatic carbocycles. The Morgan fingerprint density at radius 3 is 2.28 bits per heavy atom. The van der Waals surface area contributed by atoms with E-state index in [1.807, 2.05) is 18.2 Å². The third-order valence-electron chi connectivity index (χ3n) is 5.23. The molecule has 2 amide bonds. The molecule has 6 nitrogen and oxygen atoms in total. The van der Waals surface area contributed by atoms with E-state index in [9.17, 15) is 14.4 Å². The summed E-state index contributed by atoms with van der Waals surface area (Å²) in [7, 11) is 0. The highest BCUT2D eigenvalue weighted by Gasteiger charge is 2.22. The van der Waals surface area contributed by atoms with E-state index in [0.29, 0.717) is 25.1 Å². The molecule has 2 N–H and O–H groups in total. The Hall–Kier alpha value is -3.15. The summed E-state index contributed by atoms with van der Waals surface area (Å²) in [5.41, 5.74) is 3.77. The summed E-state index contributed by atoms with van der Waals surface area (Å²) in [4.78, 5) is 37.7. The van der Waals surface area contributed by atoms with Gasteiger partial charge in [-0.1, -0.05) is 39.0 Å². The van der Waals surface area contributed by atoms with Gasteiger partial charge in [-0.3, -0.25) is 9.59 Å². The summed E-state index contributed by atoms with van der Waals surface area (Å²) in [5, 5.41) is 11.8. The Labute approximate surface area is 170 Å². The van der Waals surface area contributed by atoms with Crippen LogP contribution in [0.4, 0.5) is 0 Å². The first-order valence-electron chi connectivity index (χ1n) is 9.67. The van der Waals surface area contributed by atoms with Crippen LogP contribution in [-0.2, 0) is 23.2 Å². The molecule has 0 spiro atoms. The average Bonchev–Trinajstić information content (AvgIpc) is 2.70. The summed E-state index contributed by atoms with van der Waals surface area (Å²) >= 11 is 0. The third kappa shape index (κ3) is 4.83. The summed E-state index contributed by atoms with van der Waals surface area (Å²) in [6, 6.07) is 12.4. The fourth-order valence-corrected chi connectivity index (χ4v) is 3.39. The number of nitrogens with one attached hydrogen (secondary N) is 1. The Morgan fingerprint density at radius 2 is 1.66 bits per heavy atom. The van der Waals surface area contributed by atoms with Gasteiger partial charge < -0.3 is 15.3 Å². The summed E-state index contributed by atoms with van der Waals surface area (Å²) in [6.45, 7) is 7.14. The molecule has 29 heavy (non-hydrogen) atoms.